The van der Waals surface area contributed by atoms with Crippen LogP contribution >= 0.6 is 11.3 Å². The van der Waals surface area contributed by atoms with Crippen molar-refractivity contribution in [3.63, 3.8) is 0 Å². The lowest BCUT2D eigenvalue weighted by Crippen LogP contribution is -2.38. The van der Waals surface area contributed by atoms with Gasteiger partial charge in [-0.15, -0.1) is 11.3 Å². The van der Waals surface area contributed by atoms with Gasteiger partial charge in [0.05, 0.1) is 5.52 Å². The van der Waals surface area contributed by atoms with Crippen LogP contribution in [0, 0.1) is 5.41 Å². The molecule has 1 amide bonds. The molecule has 8 heteroatoms. The minimum atomic E-state index is -0.371. The Bertz CT molecular complexity index is 960. The number of fused-ring (bicyclic) bond motifs is 1. The van der Waals surface area contributed by atoms with E-state index in [1.807, 2.05) is 44.4 Å². The summed E-state index contributed by atoms with van der Waals surface area (Å²) in [5.74, 6) is -0.0357. The molecule has 0 spiro atoms. The Kier molecular flexibility index (Phi) is 4.97. The first-order valence-electron chi connectivity index (χ1n) is 8.00. The minimum Gasteiger partial charge on any atom is -0.444 e. The van der Waals surface area contributed by atoms with E-state index in [9.17, 15) is 4.79 Å². The quantitative estimate of drug-likeness (QED) is 0.474. The second-order valence-corrected chi connectivity index (χ2v) is 7.34. The lowest BCUT2D eigenvalue weighted by molar-refractivity contribution is 0.0864. The summed E-state index contributed by atoms with van der Waals surface area (Å²) in [6.45, 7) is 0.858. The van der Waals surface area contributed by atoms with Crippen LogP contribution in [0.3, 0.4) is 0 Å². The van der Waals surface area contributed by atoms with Crippen LogP contribution in [-0.2, 0) is 6.54 Å². The molecular weight excluding hydrogens is 350 g/mol. The van der Waals surface area contributed by atoms with Crippen molar-refractivity contribution in [3.8, 4) is 10.8 Å². The van der Waals surface area contributed by atoms with Gasteiger partial charge in [-0.2, -0.15) is 0 Å². The Balaban J connectivity index is 1.88. The molecule has 26 heavy (non-hydrogen) atoms. The molecule has 0 saturated heterocycles. The Morgan fingerprint density at radius 3 is 2.73 bits per heavy atom. The number of thiophene rings is 1. The van der Waals surface area contributed by atoms with Crippen molar-refractivity contribution in [1.29, 1.82) is 5.41 Å². The average molecular weight is 371 g/mol. The van der Waals surface area contributed by atoms with Gasteiger partial charge < -0.3 is 20.4 Å². The number of aromatic amines is 1. The van der Waals surface area contributed by atoms with Crippen molar-refractivity contribution in [2.24, 2.45) is 5.73 Å². The second kappa shape index (κ2) is 7.19. The highest BCUT2D eigenvalue weighted by atomic mass is 32.1. The third kappa shape index (κ3) is 3.71. The molecule has 0 saturated carbocycles. The van der Waals surface area contributed by atoms with Crippen molar-refractivity contribution in [3.05, 3.63) is 47.0 Å². The molecular formula is C18H21N5O2S. The van der Waals surface area contributed by atoms with Crippen LogP contribution < -0.4 is 10.5 Å². The van der Waals surface area contributed by atoms with Gasteiger partial charge in [0.2, 0.25) is 0 Å². The van der Waals surface area contributed by atoms with E-state index in [0.717, 1.165) is 27.4 Å². The minimum absolute atomic E-state index is 0.308. The van der Waals surface area contributed by atoms with Gasteiger partial charge in [-0.05, 0) is 38.4 Å². The van der Waals surface area contributed by atoms with Crippen LogP contribution in [0.2, 0.25) is 0 Å². The summed E-state index contributed by atoms with van der Waals surface area (Å²) in [6.07, 6.45) is 0. The lowest BCUT2D eigenvalue weighted by Gasteiger charge is -2.12. The summed E-state index contributed by atoms with van der Waals surface area (Å²) < 4.78 is 6.03. The number of guanidine groups is 1. The third-order valence-electron chi connectivity index (χ3n) is 3.83. The van der Waals surface area contributed by atoms with Crippen LogP contribution in [0.25, 0.3) is 10.9 Å². The molecule has 4 N–H and O–H groups in total. The molecule has 0 atom stereocenters. The summed E-state index contributed by atoms with van der Waals surface area (Å²) in [7, 11) is 5.51. The van der Waals surface area contributed by atoms with Crippen LogP contribution in [0.1, 0.15) is 15.4 Å². The molecule has 3 rings (SSSR count). The fourth-order valence-electron chi connectivity index (χ4n) is 2.54. The van der Waals surface area contributed by atoms with E-state index in [-0.39, 0.29) is 11.9 Å². The fraction of sp³-hybridized carbons (Fsp3) is 0.222. The van der Waals surface area contributed by atoms with Gasteiger partial charge in [-0.25, -0.2) is 0 Å². The molecule has 0 aliphatic rings. The van der Waals surface area contributed by atoms with Gasteiger partial charge in [0.15, 0.2) is 16.8 Å². The number of amides is 1. The number of benzene rings is 1. The number of nitrogens with two attached hydrogens (primary N) is 1. The summed E-state index contributed by atoms with van der Waals surface area (Å²) in [5.41, 5.74) is 6.47. The monoisotopic (exact) mass is 371 g/mol. The molecule has 0 radical (unpaired) electrons. The molecule has 0 aliphatic carbocycles. The smallest absolute Gasteiger partial charge is 0.276 e. The Morgan fingerprint density at radius 1 is 1.27 bits per heavy atom. The molecule has 0 fully saturated rings. The van der Waals surface area contributed by atoms with E-state index in [2.05, 4.69) is 9.88 Å². The SMILES string of the molecule is CN(C)Cc1ccc(Oc2cccc3cc(C(=O)N(C)C(=N)N)[nH]c23)s1. The molecule has 7 nitrogen and oxygen atoms in total. The van der Waals surface area contributed by atoms with Gasteiger partial charge in [0, 0.05) is 23.9 Å². The Morgan fingerprint density at radius 2 is 2.04 bits per heavy atom. The Labute approximate surface area is 155 Å². The first kappa shape index (κ1) is 18.0. The number of aromatic nitrogens is 1. The molecule has 0 unspecified atom stereocenters. The maximum atomic E-state index is 12.4. The number of nitrogens with one attached hydrogen (secondary N) is 2. The fourth-order valence-corrected chi connectivity index (χ4v) is 3.52. The number of H-pyrrole nitrogens is 1. The van der Waals surface area contributed by atoms with Gasteiger partial charge >= 0.3 is 0 Å². The zero-order valence-corrected chi connectivity index (χ0v) is 15.7. The summed E-state index contributed by atoms with van der Waals surface area (Å²) in [6, 6.07) is 11.4. The predicted molar refractivity (Wildman–Crippen MR) is 104 cm³/mol. The normalized spacial score (nSPS) is 11.1. The maximum absolute atomic E-state index is 12.4. The number of hydrogen-bond donors (Lipinski definition) is 3. The number of ether oxygens (including phenoxy) is 1. The van der Waals surface area contributed by atoms with Crippen molar-refractivity contribution in [1.82, 2.24) is 14.8 Å². The van der Waals surface area contributed by atoms with Crippen molar-refractivity contribution < 1.29 is 9.53 Å². The van der Waals surface area contributed by atoms with E-state index in [1.165, 1.54) is 11.9 Å². The predicted octanol–water partition coefficient (Wildman–Crippen LogP) is 3.05. The second-order valence-electron chi connectivity index (χ2n) is 6.21. The molecule has 2 heterocycles. The zero-order valence-electron chi connectivity index (χ0n) is 14.9. The highest BCUT2D eigenvalue weighted by Crippen LogP contribution is 2.34. The topological polar surface area (TPSA) is 98.4 Å². The summed E-state index contributed by atoms with van der Waals surface area (Å²) in [4.78, 5) is 19.8. The summed E-state index contributed by atoms with van der Waals surface area (Å²) in [5, 5.41) is 9.04. The molecule has 3 aromatic rings. The largest absolute Gasteiger partial charge is 0.444 e. The number of carbonyl (C=O) groups excluding carboxylic acids is 1. The van der Waals surface area contributed by atoms with Gasteiger partial charge in [-0.3, -0.25) is 15.1 Å². The standard InChI is InChI=1S/C18H21N5O2S/c1-22(2)10-12-7-8-15(26-12)25-14-6-4-5-11-9-13(21-16(11)14)17(24)23(3)18(19)20/h4-9,21H,10H2,1-3H3,(H3,19,20). The molecule has 0 aliphatic heterocycles. The molecule has 136 valence electrons. The van der Waals surface area contributed by atoms with Crippen molar-refractivity contribution >= 4 is 34.1 Å². The molecule has 0 bridgehead atoms. The summed E-state index contributed by atoms with van der Waals surface area (Å²) >= 11 is 1.59. The first-order valence-corrected chi connectivity index (χ1v) is 8.82. The van der Waals surface area contributed by atoms with Crippen molar-refractivity contribution in [2.45, 2.75) is 6.54 Å². The van der Waals surface area contributed by atoms with Crippen molar-refractivity contribution in [2.75, 3.05) is 21.1 Å². The highest BCUT2D eigenvalue weighted by Gasteiger charge is 2.18. The number of hydrogen-bond acceptors (Lipinski definition) is 5. The van der Waals surface area contributed by atoms with Crippen LogP contribution in [0.15, 0.2) is 36.4 Å². The third-order valence-corrected chi connectivity index (χ3v) is 4.78. The van der Waals surface area contributed by atoms with Crippen LogP contribution in [0.4, 0.5) is 0 Å². The number of carbonyl (C=O) groups is 1. The molecule has 1 aromatic carbocycles. The number of nitrogens with zero attached hydrogens (tertiary/aromatic N) is 2. The highest BCUT2D eigenvalue weighted by molar-refractivity contribution is 7.13. The zero-order chi connectivity index (χ0) is 18.8. The van der Waals surface area contributed by atoms with Gasteiger partial charge in [0.1, 0.15) is 5.69 Å². The number of rotatable bonds is 5. The van der Waals surface area contributed by atoms with Crippen LogP contribution in [0.5, 0.6) is 10.8 Å². The van der Waals surface area contributed by atoms with E-state index in [4.69, 9.17) is 15.9 Å². The molecule has 2 aromatic heterocycles. The van der Waals surface area contributed by atoms with E-state index in [0.29, 0.717) is 11.4 Å². The maximum Gasteiger partial charge on any atom is 0.276 e. The van der Waals surface area contributed by atoms with E-state index in [1.54, 1.807) is 17.4 Å². The lowest BCUT2D eigenvalue weighted by atomic mass is 10.2. The van der Waals surface area contributed by atoms with Gasteiger partial charge in [-0.1, -0.05) is 12.1 Å². The van der Waals surface area contributed by atoms with Gasteiger partial charge in [0.25, 0.3) is 5.91 Å². The average Bonchev–Trinajstić information content (AvgIpc) is 3.20. The Hall–Kier alpha value is -2.84. The van der Waals surface area contributed by atoms with Crippen LogP contribution in [-0.4, -0.2) is 47.8 Å². The number of para-hydroxylation sites is 1. The van der Waals surface area contributed by atoms with E-state index < -0.39 is 0 Å². The van der Waals surface area contributed by atoms with E-state index >= 15 is 0 Å². The first-order chi connectivity index (χ1) is 12.3.